The van der Waals surface area contributed by atoms with Crippen LogP contribution in [0.25, 0.3) is 15.7 Å². The van der Waals surface area contributed by atoms with Crippen molar-refractivity contribution in [1.82, 2.24) is 0 Å². The van der Waals surface area contributed by atoms with Gasteiger partial charge in [0.05, 0.1) is 0 Å². The van der Waals surface area contributed by atoms with Gasteiger partial charge >= 0.3 is 5.97 Å². The van der Waals surface area contributed by atoms with Crippen LogP contribution in [0.1, 0.15) is 30.5 Å². The molecule has 0 spiro atoms. The normalized spacial score (nSPS) is 11.5. The molecule has 1 heterocycles. The van der Waals surface area contributed by atoms with Crippen molar-refractivity contribution in [3.05, 3.63) is 94.2 Å². The second-order valence-corrected chi connectivity index (χ2v) is 9.97. The average molecular weight is 432 g/mol. The third-order valence-electron chi connectivity index (χ3n) is 5.41. The Balaban J connectivity index is 1.48. The minimum Gasteiger partial charge on any atom is -0.481 e. The van der Waals surface area contributed by atoms with Crippen LogP contribution in [-0.4, -0.2) is 12.6 Å². The van der Waals surface area contributed by atoms with Crippen molar-refractivity contribution in [1.29, 1.82) is 0 Å². The van der Waals surface area contributed by atoms with E-state index in [2.05, 4.69) is 53.2 Å². The molecule has 0 atom stereocenters. The zero-order valence-electron chi connectivity index (χ0n) is 18.3. The Kier molecular flexibility index (Phi) is 5.84. The van der Waals surface area contributed by atoms with E-state index in [4.69, 9.17) is 9.47 Å². The van der Waals surface area contributed by atoms with E-state index < -0.39 is 5.60 Å². The van der Waals surface area contributed by atoms with E-state index in [1.54, 1.807) is 0 Å². The Bertz CT molecular complexity index is 1190. The third-order valence-corrected chi connectivity index (χ3v) is 7.09. The van der Waals surface area contributed by atoms with Crippen molar-refractivity contribution in [2.24, 2.45) is 0 Å². The molecule has 3 nitrogen and oxygen atoms in total. The van der Waals surface area contributed by atoms with Crippen molar-refractivity contribution in [3.8, 4) is 10.6 Å². The lowest BCUT2D eigenvalue weighted by Crippen LogP contribution is -2.29. The number of ether oxygens (including phenoxy) is 2. The number of benzene rings is 3. The van der Waals surface area contributed by atoms with Crippen LogP contribution >= 0.6 is 10.5 Å². The van der Waals surface area contributed by atoms with Gasteiger partial charge in [0.25, 0.3) is 0 Å². The van der Waals surface area contributed by atoms with Crippen molar-refractivity contribution in [3.63, 3.8) is 0 Å². The molecule has 0 aliphatic heterocycles. The minimum absolute atomic E-state index is 0.0132. The third kappa shape index (κ3) is 4.49. The molecule has 0 saturated carbocycles. The molecule has 158 valence electrons. The molecule has 0 unspecified atom stereocenters. The van der Waals surface area contributed by atoms with Crippen LogP contribution in [-0.2, 0) is 15.1 Å². The summed E-state index contributed by atoms with van der Waals surface area (Å²) in [6, 6.07) is 22.6. The molecule has 0 amide bonds. The Morgan fingerprint density at radius 1 is 0.903 bits per heavy atom. The van der Waals surface area contributed by atoms with Gasteiger partial charge in [-0.15, -0.1) is 0 Å². The second-order valence-electron chi connectivity index (χ2n) is 8.21. The van der Waals surface area contributed by atoms with Crippen LogP contribution in [0, 0.1) is 13.8 Å². The number of rotatable bonds is 6. The highest BCUT2D eigenvalue weighted by atomic mass is 32.2. The van der Waals surface area contributed by atoms with Gasteiger partial charge in [-0.05, 0) is 61.7 Å². The summed E-state index contributed by atoms with van der Waals surface area (Å²) in [5, 5.41) is 6.60. The van der Waals surface area contributed by atoms with Crippen molar-refractivity contribution in [2.45, 2.75) is 33.3 Å². The molecule has 0 bridgehead atoms. The van der Waals surface area contributed by atoms with Crippen molar-refractivity contribution in [2.75, 3.05) is 6.61 Å². The predicted molar refractivity (Wildman–Crippen MR) is 128 cm³/mol. The molecule has 0 N–H and O–H groups in total. The van der Waals surface area contributed by atoms with E-state index in [0.29, 0.717) is 0 Å². The zero-order valence-corrected chi connectivity index (χ0v) is 19.2. The molecule has 0 aliphatic carbocycles. The molecule has 4 heteroatoms. The van der Waals surface area contributed by atoms with Gasteiger partial charge in [0.2, 0.25) is 0 Å². The lowest BCUT2D eigenvalue weighted by atomic mass is 9.92. The van der Waals surface area contributed by atoms with Crippen molar-refractivity contribution >= 4 is 27.2 Å². The van der Waals surface area contributed by atoms with E-state index in [1.165, 1.54) is 4.90 Å². The van der Waals surface area contributed by atoms with E-state index in [1.807, 2.05) is 52.0 Å². The standard InChI is InChI=1S/C27H27O3S/c1-19-16-22(31-14-7-8-15-31)17-20(2)26(19)29-18-25(28)30-27(3,4)24-13-9-11-21-10-5-6-12-23(21)24/h5-17H,18H2,1-4H3/q+1. The number of carbonyl (C=O) groups excluding carboxylic acids is 1. The first-order valence-corrected chi connectivity index (χ1v) is 11.7. The largest absolute Gasteiger partial charge is 0.481 e. The van der Waals surface area contributed by atoms with Crippen molar-refractivity contribution < 1.29 is 14.3 Å². The number of carbonyl (C=O) groups is 1. The van der Waals surface area contributed by atoms with Gasteiger partial charge in [-0.2, -0.15) is 0 Å². The summed E-state index contributed by atoms with van der Waals surface area (Å²) in [6.07, 6.45) is 0. The predicted octanol–water partition coefficient (Wildman–Crippen LogP) is 7.05. The summed E-state index contributed by atoms with van der Waals surface area (Å²) in [5.41, 5.74) is 2.27. The maximum absolute atomic E-state index is 12.7. The van der Waals surface area contributed by atoms with Crippen LogP contribution in [0.4, 0.5) is 0 Å². The smallest absolute Gasteiger partial charge is 0.345 e. The summed E-state index contributed by atoms with van der Waals surface area (Å²) in [4.78, 5) is 13.9. The van der Waals surface area contributed by atoms with Gasteiger partial charge in [-0.25, -0.2) is 4.79 Å². The lowest BCUT2D eigenvalue weighted by molar-refractivity contribution is -0.159. The fourth-order valence-corrected chi connectivity index (χ4v) is 5.54. The molecule has 1 aromatic heterocycles. The summed E-state index contributed by atoms with van der Waals surface area (Å²) in [5.74, 6) is 0.365. The molecule has 0 fully saturated rings. The van der Waals surface area contributed by atoms with E-state index >= 15 is 0 Å². The lowest BCUT2D eigenvalue weighted by Gasteiger charge is -2.27. The van der Waals surface area contributed by atoms with Crippen LogP contribution in [0.2, 0.25) is 0 Å². The summed E-state index contributed by atoms with van der Waals surface area (Å²) >= 11 is 0. The quantitative estimate of drug-likeness (QED) is 0.242. The number of esters is 1. The number of aryl methyl sites for hydroxylation is 2. The highest BCUT2D eigenvalue weighted by Gasteiger charge is 2.27. The highest BCUT2D eigenvalue weighted by molar-refractivity contribution is 7.36. The van der Waals surface area contributed by atoms with Gasteiger partial charge in [0.1, 0.15) is 22.1 Å². The van der Waals surface area contributed by atoms with Crippen LogP contribution in [0.3, 0.4) is 0 Å². The molecule has 31 heavy (non-hydrogen) atoms. The van der Waals surface area contributed by atoms with Gasteiger partial charge in [0, 0.05) is 28.2 Å². The Labute approximate surface area is 186 Å². The van der Waals surface area contributed by atoms with Gasteiger partial charge in [0.15, 0.2) is 11.5 Å². The molecule has 0 saturated heterocycles. The molecule has 4 aromatic rings. The number of thiophene rings is 1. The second kappa shape index (κ2) is 8.56. The molecular weight excluding hydrogens is 404 g/mol. The Morgan fingerprint density at radius 3 is 2.26 bits per heavy atom. The van der Waals surface area contributed by atoms with Crippen LogP contribution < -0.4 is 4.74 Å². The Morgan fingerprint density at radius 2 is 1.55 bits per heavy atom. The van der Waals surface area contributed by atoms with Crippen LogP contribution in [0.15, 0.2) is 77.5 Å². The van der Waals surface area contributed by atoms with Gasteiger partial charge in [-0.3, -0.25) is 0 Å². The molecule has 0 aliphatic rings. The first-order chi connectivity index (χ1) is 14.8. The fraction of sp³-hybridized carbons (Fsp3) is 0.222. The molecular formula is C27H27O3S+. The van der Waals surface area contributed by atoms with E-state index in [-0.39, 0.29) is 23.0 Å². The van der Waals surface area contributed by atoms with E-state index in [9.17, 15) is 4.79 Å². The van der Waals surface area contributed by atoms with E-state index in [0.717, 1.165) is 33.2 Å². The molecule has 4 rings (SSSR count). The Hall–Kier alpha value is -3.11. The summed E-state index contributed by atoms with van der Waals surface area (Å²) < 4.78 is 11.8. The molecule has 0 radical (unpaired) electrons. The zero-order chi connectivity index (χ0) is 22.0. The summed E-state index contributed by atoms with van der Waals surface area (Å²) in [6.45, 7) is 7.75. The number of hydrogen-bond acceptors (Lipinski definition) is 3. The van der Waals surface area contributed by atoms with Gasteiger partial charge < -0.3 is 9.47 Å². The summed E-state index contributed by atoms with van der Waals surface area (Å²) in [7, 11) is 0.0132. The SMILES string of the molecule is Cc1cc(-[s+]2cccc2)cc(C)c1OCC(=O)OC(C)(C)c1cccc2ccccc12. The van der Waals surface area contributed by atoms with Crippen LogP contribution in [0.5, 0.6) is 5.75 Å². The highest BCUT2D eigenvalue weighted by Crippen LogP contribution is 2.36. The molecule has 3 aromatic carbocycles. The topological polar surface area (TPSA) is 35.5 Å². The fourth-order valence-electron chi connectivity index (χ4n) is 3.99. The number of fused-ring (bicyclic) bond motifs is 1. The maximum atomic E-state index is 12.7. The first kappa shape index (κ1) is 21.1. The van der Waals surface area contributed by atoms with Gasteiger partial charge in [-0.1, -0.05) is 42.5 Å². The minimum atomic E-state index is -0.766. The number of hydrogen-bond donors (Lipinski definition) is 0. The average Bonchev–Trinajstić information content (AvgIpc) is 3.27. The first-order valence-electron chi connectivity index (χ1n) is 10.4. The monoisotopic (exact) mass is 431 g/mol. The maximum Gasteiger partial charge on any atom is 0.345 e.